The van der Waals surface area contributed by atoms with Crippen LogP contribution in [0.5, 0.6) is 0 Å². The van der Waals surface area contributed by atoms with Gasteiger partial charge in [-0.25, -0.2) is 8.78 Å². The number of nitrogens with one attached hydrogen (secondary N) is 1. The normalized spacial score (nSPS) is 38.8. The molecule has 0 saturated carbocycles. The third-order valence-corrected chi connectivity index (χ3v) is 3.56. The van der Waals surface area contributed by atoms with Crippen LogP contribution in [0, 0.1) is 0 Å². The zero-order valence-corrected chi connectivity index (χ0v) is 8.81. The summed E-state index contributed by atoms with van der Waals surface area (Å²) in [5.74, 6) is -1.52. The largest absolute Gasteiger partial charge is 0.369 e. The van der Waals surface area contributed by atoms with Gasteiger partial charge in [0.25, 0.3) is 0 Å². The van der Waals surface area contributed by atoms with Gasteiger partial charge in [0, 0.05) is 12.4 Å². The van der Waals surface area contributed by atoms with Crippen LogP contribution >= 0.6 is 0 Å². The lowest BCUT2D eigenvalue weighted by Crippen LogP contribution is -2.45. The summed E-state index contributed by atoms with van der Waals surface area (Å²) in [5.41, 5.74) is 6.39. The number of hydrogen-bond acceptors (Lipinski definition) is 3. The van der Waals surface area contributed by atoms with Crippen LogP contribution in [-0.4, -0.2) is 29.3 Å². The van der Waals surface area contributed by atoms with Crippen LogP contribution in [0.15, 0.2) is 18.5 Å². The Morgan fingerprint density at radius 1 is 1.35 bits per heavy atom. The monoisotopic (exact) mass is 239 g/mol. The number of hydrogen-bond donors (Lipinski definition) is 2. The van der Waals surface area contributed by atoms with Gasteiger partial charge >= 0.3 is 0 Å². The van der Waals surface area contributed by atoms with Gasteiger partial charge in [0.2, 0.25) is 5.91 Å². The first-order valence-corrected chi connectivity index (χ1v) is 5.38. The summed E-state index contributed by atoms with van der Waals surface area (Å²) in [6, 6.07) is 0.0110. The molecule has 0 aromatic carbocycles. The molecule has 2 aliphatic heterocycles. The molecule has 0 radical (unpaired) electrons. The molecular formula is C11H11F2N3O. The number of aromatic nitrogens is 1. The molecule has 1 amide bonds. The van der Waals surface area contributed by atoms with E-state index >= 15 is 0 Å². The molecule has 1 aromatic heterocycles. The molecule has 90 valence electrons. The molecule has 3 heterocycles. The molecule has 2 aliphatic rings. The van der Waals surface area contributed by atoms with Gasteiger partial charge in [-0.3, -0.25) is 9.78 Å². The Bertz CT molecular complexity index is 482. The fourth-order valence-corrected chi connectivity index (χ4v) is 2.80. The number of rotatable bonds is 1. The number of primary amides is 1. The van der Waals surface area contributed by atoms with Crippen molar-refractivity contribution in [3.63, 3.8) is 0 Å². The summed E-state index contributed by atoms with van der Waals surface area (Å²) in [4.78, 5) is 15.3. The number of amides is 1. The van der Waals surface area contributed by atoms with Gasteiger partial charge in [-0.2, -0.15) is 0 Å². The Kier molecular flexibility index (Phi) is 2.16. The highest BCUT2D eigenvalue weighted by Gasteiger charge is 2.54. The minimum atomic E-state index is -1.72. The van der Waals surface area contributed by atoms with Crippen molar-refractivity contribution < 1.29 is 13.6 Å². The molecule has 5 unspecified atom stereocenters. The number of carbonyl (C=O) groups excluding carboxylic acids is 1. The van der Waals surface area contributed by atoms with E-state index in [9.17, 15) is 13.6 Å². The number of carbonyl (C=O) groups is 1. The maximum absolute atomic E-state index is 13.8. The van der Waals surface area contributed by atoms with E-state index < -0.39 is 36.3 Å². The average molecular weight is 239 g/mol. The van der Waals surface area contributed by atoms with Crippen LogP contribution in [0.1, 0.15) is 23.1 Å². The van der Waals surface area contributed by atoms with Crippen molar-refractivity contribution in [2.75, 3.05) is 0 Å². The SMILES string of the molecule is NC(=O)C1c2cnccc2C2NC1C(F)C2F. The first-order valence-electron chi connectivity index (χ1n) is 5.38. The Morgan fingerprint density at radius 3 is 2.82 bits per heavy atom. The van der Waals surface area contributed by atoms with Crippen molar-refractivity contribution in [1.29, 1.82) is 0 Å². The second-order valence-corrected chi connectivity index (χ2v) is 4.44. The Morgan fingerprint density at radius 2 is 2.12 bits per heavy atom. The van der Waals surface area contributed by atoms with Crippen molar-refractivity contribution in [2.24, 2.45) is 5.73 Å². The first kappa shape index (κ1) is 10.6. The standard InChI is InChI=1S/C11H11F2N3O/c12-7-8(13)10-6(11(14)17)5-3-15-2-1-4(5)9(7)16-10/h1-3,6-10,16H,(H2,14,17). The molecule has 4 nitrogen and oxygen atoms in total. The summed E-state index contributed by atoms with van der Waals surface area (Å²) in [6.45, 7) is 0. The van der Waals surface area contributed by atoms with Crippen LogP contribution < -0.4 is 11.1 Å². The summed E-state index contributed by atoms with van der Waals surface area (Å²) in [5, 5.41) is 2.80. The van der Waals surface area contributed by atoms with Crippen LogP contribution in [0.4, 0.5) is 8.78 Å². The molecule has 5 atom stereocenters. The molecular weight excluding hydrogens is 228 g/mol. The molecule has 0 aliphatic carbocycles. The van der Waals surface area contributed by atoms with Crippen LogP contribution in [-0.2, 0) is 4.79 Å². The van der Waals surface area contributed by atoms with Gasteiger partial charge in [-0.05, 0) is 17.2 Å². The smallest absolute Gasteiger partial charge is 0.226 e. The number of alkyl halides is 2. The maximum atomic E-state index is 13.8. The fraction of sp³-hybridized carbons (Fsp3) is 0.455. The van der Waals surface area contributed by atoms with Gasteiger partial charge in [-0.1, -0.05) is 0 Å². The Balaban J connectivity index is 2.17. The zero-order valence-electron chi connectivity index (χ0n) is 8.81. The van der Waals surface area contributed by atoms with Crippen molar-refractivity contribution in [1.82, 2.24) is 10.3 Å². The number of halogens is 2. The van der Waals surface area contributed by atoms with E-state index in [0.717, 1.165) is 0 Å². The topological polar surface area (TPSA) is 68.0 Å². The lowest BCUT2D eigenvalue weighted by atomic mass is 9.86. The molecule has 6 heteroatoms. The Hall–Kier alpha value is -1.56. The van der Waals surface area contributed by atoms with E-state index in [1.165, 1.54) is 12.4 Å². The highest BCUT2D eigenvalue weighted by Crippen LogP contribution is 2.44. The fourth-order valence-electron chi connectivity index (χ4n) is 2.80. The van der Waals surface area contributed by atoms with Crippen molar-refractivity contribution in [3.05, 3.63) is 29.6 Å². The van der Waals surface area contributed by atoms with E-state index in [4.69, 9.17) is 5.73 Å². The van der Waals surface area contributed by atoms with E-state index in [1.807, 2.05) is 0 Å². The number of pyridine rings is 1. The summed E-state index contributed by atoms with van der Waals surface area (Å²) in [7, 11) is 0. The third kappa shape index (κ3) is 1.30. The van der Waals surface area contributed by atoms with Gasteiger partial charge in [-0.15, -0.1) is 0 Å². The van der Waals surface area contributed by atoms with Crippen LogP contribution in [0.25, 0.3) is 0 Å². The van der Waals surface area contributed by atoms with E-state index in [2.05, 4.69) is 10.3 Å². The highest BCUT2D eigenvalue weighted by molar-refractivity contribution is 5.84. The molecule has 1 fully saturated rings. The first-order chi connectivity index (χ1) is 8.11. The maximum Gasteiger partial charge on any atom is 0.226 e. The summed E-state index contributed by atoms with van der Waals surface area (Å²) < 4.78 is 27.6. The zero-order chi connectivity index (χ0) is 12.2. The second kappa shape index (κ2) is 3.46. The average Bonchev–Trinajstić information content (AvgIpc) is 2.56. The minimum absolute atomic E-state index is 0.538. The summed E-state index contributed by atoms with van der Waals surface area (Å²) in [6.07, 6.45) is -0.400. The second-order valence-electron chi connectivity index (χ2n) is 4.44. The predicted molar refractivity (Wildman–Crippen MR) is 55.6 cm³/mol. The predicted octanol–water partition coefficient (Wildman–Crippen LogP) is 0.353. The molecule has 0 spiro atoms. The molecule has 3 N–H and O–H groups in total. The van der Waals surface area contributed by atoms with Crippen molar-refractivity contribution in [2.45, 2.75) is 30.3 Å². The molecule has 2 bridgehead atoms. The molecule has 3 rings (SSSR count). The lowest BCUT2D eigenvalue weighted by Gasteiger charge is -2.30. The quantitative estimate of drug-likeness (QED) is 0.743. The van der Waals surface area contributed by atoms with Crippen molar-refractivity contribution >= 4 is 5.91 Å². The number of nitrogens with zero attached hydrogens (tertiary/aromatic N) is 1. The number of nitrogens with two attached hydrogens (primary N) is 1. The number of fused-ring (bicyclic) bond motifs is 4. The van der Waals surface area contributed by atoms with Crippen molar-refractivity contribution in [3.8, 4) is 0 Å². The molecule has 1 saturated heterocycles. The molecule has 17 heavy (non-hydrogen) atoms. The molecule has 1 aromatic rings. The van der Waals surface area contributed by atoms with Gasteiger partial charge in [0.05, 0.1) is 18.0 Å². The van der Waals surface area contributed by atoms with E-state index in [-0.39, 0.29) is 0 Å². The van der Waals surface area contributed by atoms with Crippen LogP contribution in [0.3, 0.4) is 0 Å². The van der Waals surface area contributed by atoms with E-state index in [0.29, 0.717) is 11.1 Å². The highest BCUT2D eigenvalue weighted by atomic mass is 19.2. The lowest BCUT2D eigenvalue weighted by molar-refractivity contribution is -0.120. The summed E-state index contributed by atoms with van der Waals surface area (Å²) >= 11 is 0. The van der Waals surface area contributed by atoms with Crippen LogP contribution in [0.2, 0.25) is 0 Å². The Labute approximate surface area is 96.2 Å². The minimum Gasteiger partial charge on any atom is -0.369 e. The van der Waals surface area contributed by atoms with Gasteiger partial charge in [0.15, 0.2) is 6.17 Å². The van der Waals surface area contributed by atoms with Gasteiger partial charge < -0.3 is 11.1 Å². The van der Waals surface area contributed by atoms with E-state index in [1.54, 1.807) is 6.07 Å². The van der Waals surface area contributed by atoms with Gasteiger partial charge in [0.1, 0.15) is 6.17 Å². The third-order valence-electron chi connectivity index (χ3n) is 3.56.